The number of benzene rings is 1. The van der Waals surface area contributed by atoms with Crippen LogP contribution in [0.15, 0.2) is 24.3 Å². The van der Waals surface area contributed by atoms with E-state index in [2.05, 4.69) is 53.1 Å². The standard InChI is InChI=1S/C23H39N3O3S/c1-17(2)23-16-26(13-14-29-23)22-11-9-20(10-12-22)24-15-19-5-7-21(8-6-19)25-30(27,28)18(3)4/h9-12,17-19,21,23-25H,5-8,13-16H2,1-4H3/t19-,21-,23-/m0/s1. The number of sulfonamides is 1. The van der Waals surface area contributed by atoms with Crippen molar-refractivity contribution in [1.29, 1.82) is 0 Å². The summed E-state index contributed by atoms with van der Waals surface area (Å²) in [6.07, 6.45) is 4.26. The zero-order valence-corrected chi connectivity index (χ0v) is 19.7. The molecule has 0 radical (unpaired) electrons. The van der Waals surface area contributed by atoms with Crippen molar-refractivity contribution in [2.75, 3.05) is 36.5 Å². The first-order chi connectivity index (χ1) is 14.2. The van der Waals surface area contributed by atoms with Crippen molar-refractivity contribution in [1.82, 2.24) is 4.72 Å². The predicted molar refractivity (Wildman–Crippen MR) is 125 cm³/mol. The number of hydrogen-bond acceptors (Lipinski definition) is 5. The van der Waals surface area contributed by atoms with Crippen molar-refractivity contribution < 1.29 is 13.2 Å². The van der Waals surface area contributed by atoms with E-state index in [0.717, 1.165) is 57.6 Å². The highest BCUT2D eigenvalue weighted by Gasteiger charge is 2.26. The molecule has 170 valence electrons. The van der Waals surface area contributed by atoms with Crippen molar-refractivity contribution in [3.05, 3.63) is 24.3 Å². The molecule has 1 aliphatic heterocycles. The van der Waals surface area contributed by atoms with Crippen LogP contribution in [0.3, 0.4) is 0 Å². The number of nitrogens with zero attached hydrogens (tertiary/aromatic N) is 1. The summed E-state index contributed by atoms with van der Waals surface area (Å²) in [6.45, 7) is 11.5. The third kappa shape index (κ3) is 6.34. The van der Waals surface area contributed by atoms with Gasteiger partial charge in [0, 0.05) is 37.1 Å². The molecule has 1 atom stereocenters. The van der Waals surface area contributed by atoms with Gasteiger partial charge < -0.3 is 15.0 Å². The molecule has 6 nitrogen and oxygen atoms in total. The van der Waals surface area contributed by atoms with Crippen LogP contribution in [-0.2, 0) is 14.8 Å². The molecule has 7 heteroatoms. The van der Waals surface area contributed by atoms with Crippen LogP contribution in [0.1, 0.15) is 53.4 Å². The molecule has 2 aliphatic rings. The Labute approximate surface area is 182 Å². The van der Waals surface area contributed by atoms with Gasteiger partial charge in [-0.15, -0.1) is 0 Å². The van der Waals surface area contributed by atoms with Crippen LogP contribution in [0.5, 0.6) is 0 Å². The maximum atomic E-state index is 12.0. The molecule has 30 heavy (non-hydrogen) atoms. The lowest BCUT2D eigenvalue weighted by molar-refractivity contribution is 0.0114. The molecule has 1 aromatic rings. The quantitative estimate of drug-likeness (QED) is 0.646. The number of anilines is 2. The van der Waals surface area contributed by atoms with Gasteiger partial charge in [-0.25, -0.2) is 13.1 Å². The minimum absolute atomic E-state index is 0.0936. The molecule has 3 rings (SSSR count). The monoisotopic (exact) mass is 437 g/mol. The first kappa shape index (κ1) is 23.4. The third-order valence-corrected chi connectivity index (χ3v) is 8.37. The van der Waals surface area contributed by atoms with Crippen LogP contribution in [0, 0.1) is 11.8 Å². The summed E-state index contributed by atoms with van der Waals surface area (Å²) in [7, 11) is -3.17. The van der Waals surface area contributed by atoms with Crippen LogP contribution in [0.4, 0.5) is 11.4 Å². The van der Waals surface area contributed by atoms with Gasteiger partial charge in [0.2, 0.25) is 10.0 Å². The van der Waals surface area contributed by atoms with E-state index < -0.39 is 10.0 Å². The molecule has 2 N–H and O–H groups in total. The van der Waals surface area contributed by atoms with E-state index in [9.17, 15) is 8.42 Å². The van der Waals surface area contributed by atoms with Crippen LogP contribution in [-0.4, -0.2) is 52.1 Å². The van der Waals surface area contributed by atoms with Gasteiger partial charge in [-0.1, -0.05) is 13.8 Å². The summed E-state index contributed by atoms with van der Waals surface area (Å²) in [6, 6.07) is 8.82. The molecule has 1 saturated heterocycles. The van der Waals surface area contributed by atoms with Gasteiger partial charge in [0.15, 0.2) is 0 Å². The lowest BCUT2D eigenvalue weighted by Crippen LogP contribution is -2.44. The van der Waals surface area contributed by atoms with Gasteiger partial charge in [-0.05, 0) is 75.6 Å². The Kier molecular flexibility index (Phi) is 8.04. The van der Waals surface area contributed by atoms with Gasteiger partial charge in [0.25, 0.3) is 0 Å². The van der Waals surface area contributed by atoms with Crippen molar-refractivity contribution >= 4 is 21.4 Å². The summed E-state index contributed by atoms with van der Waals surface area (Å²) in [5.41, 5.74) is 2.41. The normalized spacial score (nSPS) is 25.7. The molecule has 0 aromatic heterocycles. The van der Waals surface area contributed by atoms with Crippen LogP contribution < -0.4 is 14.9 Å². The molecular formula is C23H39N3O3S. The maximum absolute atomic E-state index is 12.0. The van der Waals surface area contributed by atoms with Crippen molar-refractivity contribution in [2.45, 2.75) is 70.8 Å². The van der Waals surface area contributed by atoms with Crippen LogP contribution >= 0.6 is 0 Å². The SMILES string of the molecule is CC(C)[C@@H]1CN(c2ccc(NC[C@H]3CC[C@H](NS(=O)(=O)C(C)C)CC3)cc2)CCO1. The average Bonchev–Trinajstić information content (AvgIpc) is 2.73. The van der Waals surface area contributed by atoms with Crippen molar-refractivity contribution in [3.8, 4) is 0 Å². The number of ether oxygens (including phenoxy) is 1. The number of morpholine rings is 1. The number of hydrogen-bond donors (Lipinski definition) is 2. The van der Waals surface area contributed by atoms with Gasteiger partial charge in [-0.2, -0.15) is 0 Å². The summed E-state index contributed by atoms with van der Waals surface area (Å²) < 4.78 is 32.8. The highest BCUT2D eigenvalue weighted by atomic mass is 32.2. The maximum Gasteiger partial charge on any atom is 0.214 e. The Hall–Kier alpha value is -1.31. The van der Waals surface area contributed by atoms with Gasteiger partial charge in [-0.3, -0.25) is 0 Å². The van der Waals surface area contributed by atoms with Gasteiger partial charge in [0.05, 0.1) is 18.0 Å². The first-order valence-electron chi connectivity index (χ1n) is 11.5. The summed E-state index contributed by atoms with van der Waals surface area (Å²) >= 11 is 0. The Bertz CT molecular complexity index is 756. The van der Waals surface area contributed by atoms with Crippen LogP contribution in [0.25, 0.3) is 0 Å². The fourth-order valence-electron chi connectivity index (χ4n) is 4.22. The molecule has 2 fully saturated rings. The molecule has 1 aromatic carbocycles. The highest BCUT2D eigenvalue weighted by molar-refractivity contribution is 7.90. The van der Waals surface area contributed by atoms with E-state index in [4.69, 9.17) is 4.74 Å². The van der Waals surface area contributed by atoms with E-state index in [1.165, 1.54) is 5.69 Å². The van der Waals surface area contributed by atoms with E-state index in [1.54, 1.807) is 13.8 Å². The predicted octanol–water partition coefficient (Wildman–Crippen LogP) is 3.85. The molecule has 1 aliphatic carbocycles. The third-order valence-electron chi connectivity index (χ3n) is 6.46. The van der Waals surface area contributed by atoms with E-state index >= 15 is 0 Å². The molecule has 1 heterocycles. The Morgan fingerprint density at radius 3 is 2.33 bits per heavy atom. The second kappa shape index (κ2) is 10.3. The lowest BCUT2D eigenvalue weighted by atomic mass is 9.86. The van der Waals surface area contributed by atoms with Crippen molar-refractivity contribution in [3.63, 3.8) is 0 Å². The Morgan fingerprint density at radius 1 is 1.07 bits per heavy atom. The largest absolute Gasteiger partial charge is 0.385 e. The fraction of sp³-hybridized carbons (Fsp3) is 0.739. The lowest BCUT2D eigenvalue weighted by Gasteiger charge is -2.36. The van der Waals surface area contributed by atoms with Crippen molar-refractivity contribution in [2.24, 2.45) is 11.8 Å². The topological polar surface area (TPSA) is 70.7 Å². The smallest absolute Gasteiger partial charge is 0.214 e. The average molecular weight is 438 g/mol. The zero-order valence-electron chi connectivity index (χ0n) is 18.9. The highest BCUT2D eigenvalue weighted by Crippen LogP contribution is 2.27. The molecule has 0 unspecified atom stereocenters. The van der Waals surface area contributed by atoms with Crippen LogP contribution in [0.2, 0.25) is 0 Å². The Balaban J connectivity index is 1.43. The molecule has 0 bridgehead atoms. The fourth-order valence-corrected chi connectivity index (χ4v) is 5.19. The van der Waals surface area contributed by atoms with E-state index in [1.807, 2.05) is 0 Å². The zero-order chi connectivity index (χ0) is 21.7. The number of rotatable bonds is 8. The van der Waals surface area contributed by atoms with E-state index in [-0.39, 0.29) is 11.3 Å². The molecule has 1 saturated carbocycles. The second-order valence-electron chi connectivity index (χ2n) is 9.46. The molecule has 0 spiro atoms. The minimum Gasteiger partial charge on any atom is -0.385 e. The van der Waals surface area contributed by atoms with E-state index in [0.29, 0.717) is 17.9 Å². The Morgan fingerprint density at radius 2 is 1.73 bits per heavy atom. The summed E-state index contributed by atoms with van der Waals surface area (Å²) in [4.78, 5) is 2.41. The van der Waals surface area contributed by atoms with Gasteiger partial charge in [0.1, 0.15) is 0 Å². The minimum atomic E-state index is -3.17. The number of nitrogens with one attached hydrogen (secondary N) is 2. The summed E-state index contributed by atoms with van der Waals surface area (Å²) in [5, 5.41) is 3.20. The first-order valence-corrected chi connectivity index (χ1v) is 13.0. The molecular weight excluding hydrogens is 398 g/mol. The summed E-state index contributed by atoms with van der Waals surface area (Å²) in [5.74, 6) is 1.13. The molecule has 0 amide bonds. The second-order valence-corrected chi connectivity index (χ2v) is 11.7. The van der Waals surface area contributed by atoms with Gasteiger partial charge >= 0.3 is 0 Å².